The van der Waals surface area contributed by atoms with Crippen molar-refractivity contribution in [2.24, 2.45) is 5.14 Å². The van der Waals surface area contributed by atoms with Crippen LogP contribution in [-0.2, 0) is 14.9 Å². The van der Waals surface area contributed by atoms with Gasteiger partial charge in [-0.1, -0.05) is 12.1 Å². The van der Waals surface area contributed by atoms with Crippen molar-refractivity contribution in [2.75, 3.05) is 31.2 Å². The zero-order valence-electron chi connectivity index (χ0n) is 12.8. The normalized spacial score (nSPS) is 15.5. The van der Waals surface area contributed by atoms with Crippen LogP contribution in [-0.4, -0.2) is 49.8 Å². The first kappa shape index (κ1) is 16.5. The minimum atomic E-state index is -4.18. The molecule has 9 heteroatoms. The standard InChI is InChI=1S/C15H17N3O5S/c16-24(21,22)18-6-5-13(14(18)15(19)20)11-1-3-12(4-2-11)17-7-9-23-10-8-17/h1-6H,7-10H2,(H,19,20)(H2,16,21,22). The second-order valence-corrected chi connectivity index (χ2v) is 6.79. The first-order valence-electron chi connectivity index (χ1n) is 7.29. The first-order chi connectivity index (χ1) is 11.4. The van der Waals surface area contributed by atoms with Crippen LogP contribution in [0.5, 0.6) is 0 Å². The van der Waals surface area contributed by atoms with Gasteiger partial charge in [0.2, 0.25) is 0 Å². The van der Waals surface area contributed by atoms with Gasteiger partial charge in [-0.3, -0.25) is 0 Å². The fourth-order valence-electron chi connectivity index (χ4n) is 2.74. The fourth-order valence-corrected chi connectivity index (χ4v) is 3.40. The number of hydrogen-bond acceptors (Lipinski definition) is 5. The number of carbonyl (C=O) groups is 1. The lowest BCUT2D eigenvalue weighted by Crippen LogP contribution is -2.36. The van der Waals surface area contributed by atoms with E-state index < -0.39 is 16.2 Å². The van der Waals surface area contributed by atoms with Crippen molar-refractivity contribution in [3.63, 3.8) is 0 Å². The number of ether oxygens (including phenoxy) is 1. The minimum Gasteiger partial charge on any atom is -0.477 e. The van der Waals surface area contributed by atoms with Gasteiger partial charge in [0.05, 0.1) is 13.2 Å². The summed E-state index contributed by atoms with van der Waals surface area (Å²) in [6, 6.07) is 8.71. The Morgan fingerprint density at radius 2 is 1.75 bits per heavy atom. The number of morpholine rings is 1. The van der Waals surface area contributed by atoms with Gasteiger partial charge in [0.25, 0.3) is 0 Å². The molecule has 0 bridgehead atoms. The Hall–Kier alpha value is -2.36. The summed E-state index contributed by atoms with van der Waals surface area (Å²) in [6.45, 7) is 2.92. The van der Waals surface area contributed by atoms with E-state index in [0.29, 0.717) is 28.3 Å². The predicted octanol–water partition coefficient (Wildman–Crippen LogP) is 0.742. The van der Waals surface area contributed by atoms with Crippen molar-refractivity contribution < 1.29 is 23.1 Å². The number of carboxylic acids is 1. The van der Waals surface area contributed by atoms with Gasteiger partial charge < -0.3 is 14.7 Å². The number of benzene rings is 1. The molecule has 3 N–H and O–H groups in total. The molecule has 0 radical (unpaired) electrons. The highest BCUT2D eigenvalue weighted by Gasteiger charge is 2.23. The maximum Gasteiger partial charge on any atom is 0.354 e. The van der Waals surface area contributed by atoms with Gasteiger partial charge in [-0.25, -0.2) is 13.9 Å². The van der Waals surface area contributed by atoms with E-state index in [4.69, 9.17) is 9.88 Å². The largest absolute Gasteiger partial charge is 0.477 e. The predicted molar refractivity (Wildman–Crippen MR) is 88.4 cm³/mol. The summed E-state index contributed by atoms with van der Waals surface area (Å²) in [4.78, 5) is 13.6. The van der Waals surface area contributed by atoms with Gasteiger partial charge in [0.15, 0.2) is 5.69 Å². The van der Waals surface area contributed by atoms with Crippen LogP contribution in [0.25, 0.3) is 11.1 Å². The molecule has 1 saturated heterocycles. The molecule has 1 aliphatic rings. The van der Waals surface area contributed by atoms with Crippen LogP contribution in [0.4, 0.5) is 5.69 Å². The minimum absolute atomic E-state index is 0.296. The topological polar surface area (TPSA) is 115 Å². The Morgan fingerprint density at radius 1 is 1.12 bits per heavy atom. The van der Waals surface area contributed by atoms with E-state index in [1.54, 1.807) is 12.1 Å². The lowest BCUT2D eigenvalue weighted by atomic mass is 10.1. The Kier molecular flexibility index (Phi) is 4.31. The summed E-state index contributed by atoms with van der Waals surface area (Å²) in [5.74, 6) is -1.36. The van der Waals surface area contributed by atoms with Crippen LogP contribution < -0.4 is 10.0 Å². The Bertz CT molecular complexity index is 852. The molecule has 0 amide bonds. The molecule has 24 heavy (non-hydrogen) atoms. The van der Waals surface area contributed by atoms with Crippen molar-refractivity contribution in [1.82, 2.24) is 3.97 Å². The van der Waals surface area contributed by atoms with Crippen molar-refractivity contribution in [3.05, 3.63) is 42.2 Å². The van der Waals surface area contributed by atoms with E-state index >= 15 is 0 Å². The molecule has 2 aromatic rings. The second kappa shape index (κ2) is 6.27. The third-order valence-electron chi connectivity index (χ3n) is 3.88. The van der Waals surface area contributed by atoms with Crippen LogP contribution in [0, 0.1) is 0 Å². The summed E-state index contributed by atoms with van der Waals surface area (Å²) in [5.41, 5.74) is 1.53. The van der Waals surface area contributed by atoms with Crippen molar-refractivity contribution in [1.29, 1.82) is 0 Å². The van der Waals surface area contributed by atoms with E-state index in [0.717, 1.165) is 25.0 Å². The molecule has 0 spiro atoms. The Balaban J connectivity index is 1.97. The maximum absolute atomic E-state index is 11.5. The van der Waals surface area contributed by atoms with Crippen molar-refractivity contribution >= 4 is 21.9 Å². The Labute approximate surface area is 139 Å². The molecular formula is C15H17N3O5S. The van der Waals surface area contributed by atoms with Crippen LogP contribution in [0.1, 0.15) is 10.5 Å². The van der Waals surface area contributed by atoms with Gasteiger partial charge in [-0.15, -0.1) is 0 Å². The molecule has 2 heterocycles. The highest BCUT2D eigenvalue weighted by Crippen LogP contribution is 2.28. The quantitative estimate of drug-likeness (QED) is 0.840. The summed E-state index contributed by atoms with van der Waals surface area (Å²) >= 11 is 0. The third-order valence-corrected chi connectivity index (χ3v) is 4.74. The van der Waals surface area contributed by atoms with Crippen LogP contribution in [0.3, 0.4) is 0 Å². The third kappa shape index (κ3) is 3.14. The number of aromatic carboxylic acids is 1. The number of rotatable bonds is 4. The van der Waals surface area contributed by atoms with Gasteiger partial charge in [-0.2, -0.15) is 8.42 Å². The summed E-state index contributed by atoms with van der Waals surface area (Å²) in [6.07, 6.45) is 1.14. The zero-order chi connectivity index (χ0) is 17.3. The molecule has 1 aliphatic heterocycles. The molecule has 3 rings (SSSR count). The molecule has 0 atom stereocenters. The molecule has 0 saturated carbocycles. The number of hydrogen-bond donors (Lipinski definition) is 2. The zero-order valence-corrected chi connectivity index (χ0v) is 13.6. The average molecular weight is 351 g/mol. The van der Waals surface area contributed by atoms with Crippen molar-refractivity contribution in [2.45, 2.75) is 0 Å². The smallest absolute Gasteiger partial charge is 0.354 e. The van der Waals surface area contributed by atoms with Crippen LogP contribution in [0.2, 0.25) is 0 Å². The monoisotopic (exact) mass is 351 g/mol. The molecule has 1 aromatic carbocycles. The summed E-state index contributed by atoms with van der Waals surface area (Å²) < 4.78 is 28.9. The van der Waals surface area contributed by atoms with Gasteiger partial charge in [0, 0.05) is 30.5 Å². The molecule has 128 valence electrons. The fraction of sp³-hybridized carbons (Fsp3) is 0.267. The molecule has 8 nitrogen and oxygen atoms in total. The number of nitrogens with two attached hydrogens (primary N) is 1. The summed E-state index contributed by atoms with van der Waals surface area (Å²) in [7, 11) is -4.18. The summed E-state index contributed by atoms with van der Waals surface area (Å²) in [5, 5.41) is 14.4. The molecule has 1 aromatic heterocycles. The van der Waals surface area contributed by atoms with E-state index in [-0.39, 0.29) is 5.69 Å². The lowest BCUT2D eigenvalue weighted by molar-refractivity contribution is 0.0690. The number of carboxylic acid groups (broad SMARTS) is 1. The number of aromatic nitrogens is 1. The highest BCUT2D eigenvalue weighted by molar-refractivity contribution is 7.87. The number of nitrogens with zero attached hydrogens (tertiary/aromatic N) is 2. The van der Waals surface area contributed by atoms with Crippen molar-refractivity contribution in [3.8, 4) is 11.1 Å². The molecule has 1 fully saturated rings. The molecule has 0 unspecified atom stereocenters. The molecule has 0 aliphatic carbocycles. The highest BCUT2D eigenvalue weighted by atomic mass is 32.2. The van der Waals surface area contributed by atoms with Gasteiger partial charge in [-0.05, 0) is 23.8 Å². The average Bonchev–Trinajstić information content (AvgIpc) is 3.01. The van der Waals surface area contributed by atoms with E-state index in [2.05, 4.69) is 4.90 Å². The number of anilines is 1. The van der Waals surface area contributed by atoms with Crippen LogP contribution >= 0.6 is 0 Å². The van der Waals surface area contributed by atoms with Gasteiger partial charge in [0.1, 0.15) is 0 Å². The lowest BCUT2D eigenvalue weighted by Gasteiger charge is -2.28. The van der Waals surface area contributed by atoms with E-state index in [9.17, 15) is 18.3 Å². The van der Waals surface area contributed by atoms with Gasteiger partial charge >= 0.3 is 16.2 Å². The maximum atomic E-state index is 11.5. The second-order valence-electron chi connectivity index (χ2n) is 5.37. The first-order valence-corrected chi connectivity index (χ1v) is 8.79. The van der Waals surface area contributed by atoms with E-state index in [1.165, 1.54) is 6.07 Å². The van der Waals surface area contributed by atoms with Crippen LogP contribution in [0.15, 0.2) is 36.5 Å². The van der Waals surface area contributed by atoms with E-state index in [1.807, 2.05) is 12.1 Å². The SMILES string of the molecule is NS(=O)(=O)n1ccc(-c2ccc(N3CCOCC3)cc2)c1C(=O)O. The molecular weight excluding hydrogens is 334 g/mol. The Morgan fingerprint density at radius 3 is 2.29 bits per heavy atom.